The van der Waals surface area contributed by atoms with E-state index in [1.165, 1.54) is 23.9 Å². The molecule has 2 rings (SSSR count). The molecule has 0 spiro atoms. The fourth-order valence-electron chi connectivity index (χ4n) is 1.80. The second-order valence-corrected chi connectivity index (χ2v) is 6.86. The van der Waals surface area contributed by atoms with Crippen LogP contribution in [0.4, 0.5) is 10.1 Å². The summed E-state index contributed by atoms with van der Waals surface area (Å²) >= 11 is 4.64. The normalized spacial score (nSPS) is 10.2. The smallest absolute Gasteiger partial charge is 0.230 e. The van der Waals surface area contributed by atoms with Crippen LogP contribution in [-0.4, -0.2) is 24.1 Å². The lowest BCUT2D eigenvalue weighted by Gasteiger charge is -2.07. The number of nitrogens with one attached hydrogen (secondary N) is 2. The average molecular weight is 411 g/mol. The summed E-state index contributed by atoms with van der Waals surface area (Å²) in [6, 6.07) is 13.2. The predicted octanol–water partition coefficient (Wildman–Crippen LogP) is 3.83. The molecule has 0 saturated heterocycles. The Bertz CT molecular complexity index is 693. The van der Waals surface area contributed by atoms with Gasteiger partial charge < -0.3 is 10.6 Å². The number of anilines is 1. The predicted molar refractivity (Wildman–Crippen MR) is 97.5 cm³/mol. The molecule has 126 valence electrons. The highest BCUT2D eigenvalue weighted by atomic mass is 79.9. The zero-order valence-corrected chi connectivity index (χ0v) is 15.1. The van der Waals surface area contributed by atoms with Crippen molar-refractivity contribution in [1.29, 1.82) is 0 Å². The third kappa shape index (κ3) is 6.72. The van der Waals surface area contributed by atoms with Crippen molar-refractivity contribution in [2.45, 2.75) is 11.3 Å². The zero-order valence-electron chi connectivity index (χ0n) is 12.7. The van der Waals surface area contributed by atoms with E-state index >= 15 is 0 Å². The van der Waals surface area contributed by atoms with Crippen molar-refractivity contribution in [1.82, 2.24) is 5.32 Å². The molecular weight excluding hydrogens is 395 g/mol. The van der Waals surface area contributed by atoms with E-state index in [9.17, 15) is 14.0 Å². The highest BCUT2D eigenvalue weighted by Crippen LogP contribution is 2.17. The lowest BCUT2D eigenvalue weighted by atomic mass is 10.3. The van der Waals surface area contributed by atoms with Gasteiger partial charge in [-0.2, -0.15) is 0 Å². The first-order valence-electron chi connectivity index (χ1n) is 7.23. The summed E-state index contributed by atoms with van der Waals surface area (Å²) in [6.45, 7) is 0.269. The fraction of sp³-hybridized carbons (Fsp3) is 0.176. The second kappa shape index (κ2) is 9.44. The van der Waals surface area contributed by atoms with E-state index in [1.807, 2.05) is 12.1 Å². The summed E-state index contributed by atoms with van der Waals surface area (Å²) in [7, 11) is 0. The number of thioether (sulfide) groups is 1. The van der Waals surface area contributed by atoms with Gasteiger partial charge in [-0.25, -0.2) is 4.39 Å². The molecule has 7 heteroatoms. The maximum absolute atomic E-state index is 12.8. The van der Waals surface area contributed by atoms with Crippen molar-refractivity contribution in [2.24, 2.45) is 0 Å². The first kappa shape index (κ1) is 18.5. The van der Waals surface area contributed by atoms with Gasteiger partial charge in [0.05, 0.1) is 5.75 Å². The number of amides is 2. The Hall–Kier alpha value is -1.86. The summed E-state index contributed by atoms with van der Waals surface area (Å²) in [5, 5.41) is 5.44. The molecule has 0 aliphatic carbocycles. The molecule has 4 nitrogen and oxygen atoms in total. The fourth-order valence-corrected chi connectivity index (χ4v) is 2.80. The monoisotopic (exact) mass is 410 g/mol. The molecule has 0 radical (unpaired) electrons. The second-order valence-electron chi connectivity index (χ2n) is 4.90. The van der Waals surface area contributed by atoms with E-state index in [4.69, 9.17) is 0 Å². The quantitative estimate of drug-likeness (QED) is 0.681. The van der Waals surface area contributed by atoms with Crippen LogP contribution in [0.15, 0.2) is 57.9 Å². The first-order valence-corrected chi connectivity index (χ1v) is 9.01. The number of carbonyl (C=O) groups is 2. The molecule has 0 aromatic heterocycles. The van der Waals surface area contributed by atoms with Gasteiger partial charge in [-0.15, -0.1) is 11.8 Å². The van der Waals surface area contributed by atoms with Gasteiger partial charge in [-0.3, -0.25) is 9.59 Å². The minimum absolute atomic E-state index is 0.163. The number of halogens is 2. The first-order chi connectivity index (χ1) is 11.5. The molecule has 0 aliphatic rings. The summed E-state index contributed by atoms with van der Waals surface area (Å²) in [6.07, 6.45) is 0.197. The summed E-state index contributed by atoms with van der Waals surface area (Å²) in [5.74, 6) is -0.412. The molecule has 24 heavy (non-hydrogen) atoms. The van der Waals surface area contributed by atoms with Crippen LogP contribution in [0, 0.1) is 5.82 Å². The average Bonchev–Trinajstić information content (AvgIpc) is 2.56. The molecule has 2 aromatic carbocycles. The molecule has 0 aliphatic heterocycles. The molecule has 2 N–H and O–H groups in total. The van der Waals surface area contributed by atoms with Crippen molar-refractivity contribution in [3.63, 3.8) is 0 Å². The Morgan fingerprint density at radius 2 is 1.67 bits per heavy atom. The van der Waals surface area contributed by atoms with Crippen LogP contribution in [0.5, 0.6) is 0 Å². The lowest BCUT2D eigenvalue weighted by Crippen LogP contribution is -2.28. The third-order valence-electron chi connectivity index (χ3n) is 2.99. The van der Waals surface area contributed by atoms with E-state index in [0.29, 0.717) is 5.69 Å². The van der Waals surface area contributed by atoms with Gasteiger partial charge in [-0.1, -0.05) is 15.9 Å². The molecule has 0 fully saturated rings. The van der Waals surface area contributed by atoms with Crippen molar-refractivity contribution < 1.29 is 14.0 Å². The molecule has 2 amide bonds. The maximum Gasteiger partial charge on any atom is 0.230 e. The van der Waals surface area contributed by atoms with Crippen LogP contribution in [0.3, 0.4) is 0 Å². The van der Waals surface area contributed by atoms with Crippen LogP contribution >= 0.6 is 27.7 Å². The van der Waals surface area contributed by atoms with Crippen LogP contribution in [0.2, 0.25) is 0 Å². The van der Waals surface area contributed by atoms with E-state index in [-0.39, 0.29) is 36.4 Å². The molecule has 2 aromatic rings. The van der Waals surface area contributed by atoms with Gasteiger partial charge in [0.2, 0.25) is 11.8 Å². The van der Waals surface area contributed by atoms with Crippen molar-refractivity contribution in [3.8, 4) is 0 Å². The van der Waals surface area contributed by atoms with Gasteiger partial charge in [0, 0.05) is 28.0 Å². The molecule has 0 heterocycles. The largest absolute Gasteiger partial charge is 0.355 e. The van der Waals surface area contributed by atoms with Crippen LogP contribution in [-0.2, 0) is 9.59 Å². The van der Waals surface area contributed by atoms with Gasteiger partial charge in [0.25, 0.3) is 0 Å². The zero-order chi connectivity index (χ0) is 17.4. The summed E-state index contributed by atoms with van der Waals surface area (Å²) < 4.78 is 13.7. The Morgan fingerprint density at radius 3 is 2.33 bits per heavy atom. The Kier molecular flexibility index (Phi) is 7.27. The molecular formula is C17H16BrFN2O2S. The maximum atomic E-state index is 12.8. The van der Waals surface area contributed by atoms with Crippen LogP contribution in [0.25, 0.3) is 0 Å². The van der Waals surface area contributed by atoms with E-state index in [2.05, 4.69) is 26.6 Å². The van der Waals surface area contributed by atoms with Crippen molar-refractivity contribution in [3.05, 3.63) is 58.8 Å². The number of benzene rings is 2. The SMILES string of the molecule is O=C(CSc1ccc(F)cc1)NCCC(=O)Nc1ccc(Br)cc1. The van der Waals surface area contributed by atoms with E-state index < -0.39 is 0 Å². The molecule has 0 atom stereocenters. The van der Waals surface area contributed by atoms with E-state index in [1.54, 1.807) is 24.3 Å². The van der Waals surface area contributed by atoms with Crippen LogP contribution < -0.4 is 10.6 Å². The minimum Gasteiger partial charge on any atom is -0.355 e. The third-order valence-corrected chi connectivity index (χ3v) is 4.53. The minimum atomic E-state index is -0.305. The highest BCUT2D eigenvalue weighted by molar-refractivity contribution is 9.10. The number of hydrogen-bond donors (Lipinski definition) is 2. The molecule has 0 unspecified atom stereocenters. The standard InChI is InChI=1S/C17H16BrFN2O2S/c18-12-1-5-14(6-2-12)21-16(22)9-10-20-17(23)11-24-15-7-3-13(19)4-8-15/h1-8H,9-11H2,(H,20,23)(H,21,22). The van der Waals surface area contributed by atoms with Gasteiger partial charge in [-0.05, 0) is 48.5 Å². The Balaban J connectivity index is 1.63. The summed E-state index contributed by atoms with van der Waals surface area (Å²) in [5.41, 5.74) is 0.710. The van der Waals surface area contributed by atoms with Crippen molar-refractivity contribution >= 4 is 45.2 Å². The molecule has 0 saturated carbocycles. The molecule has 0 bridgehead atoms. The topological polar surface area (TPSA) is 58.2 Å². The number of hydrogen-bond acceptors (Lipinski definition) is 3. The Labute approximate surface area is 152 Å². The lowest BCUT2D eigenvalue weighted by molar-refractivity contribution is -0.119. The number of rotatable bonds is 7. The van der Waals surface area contributed by atoms with Gasteiger partial charge >= 0.3 is 0 Å². The van der Waals surface area contributed by atoms with Crippen molar-refractivity contribution in [2.75, 3.05) is 17.6 Å². The van der Waals surface area contributed by atoms with E-state index in [0.717, 1.165) is 9.37 Å². The number of carbonyl (C=O) groups excluding carboxylic acids is 2. The van der Waals surface area contributed by atoms with Gasteiger partial charge in [0.1, 0.15) is 5.82 Å². The summed E-state index contributed by atoms with van der Waals surface area (Å²) in [4.78, 5) is 24.3. The van der Waals surface area contributed by atoms with Crippen LogP contribution in [0.1, 0.15) is 6.42 Å². The van der Waals surface area contributed by atoms with Gasteiger partial charge in [0.15, 0.2) is 0 Å². The Morgan fingerprint density at radius 1 is 1.00 bits per heavy atom. The highest BCUT2D eigenvalue weighted by Gasteiger charge is 2.06.